The number of fused-ring (bicyclic) bond motifs is 1. The number of hydrogen-bond donors (Lipinski definition) is 1. The van der Waals surface area contributed by atoms with E-state index in [0.717, 1.165) is 33.5 Å². The molecule has 1 aliphatic heterocycles. The van der Waals surface area contributed by atoms with Crippen LogP contribution in [0.15, 0.2) is 72.8 Å². The third-order valence-electron chi connectivity index (χ3n) is 7.33. The summed E-state index contributed by atoms with van der Waals surface area (Å²) in [4.78, 5) is 15.7. The summed E-state index contributed by atoms with van der Waals surface area (Å²) < 4.78 is 7.57. The molecule has 6 heteroatoms. The third kappa shape index (κ3) is 4.86. The van der Waals surface area contributed by atoms with Crippen molar-refractivity contribution in [3.63, 3.8) is 0 Å². The van der Waals surface area contributed by atoms with Gasteiger partial charge in [-0.05, 0) is 61.2 Å². The molecule has 0 bridgehead atoms. The van der Waals surface area contributed by atoms with Gasteiger partial charge >= 0.3 is 0 Å². The molecule has 2 heterocycles. The van der Waals surface area contributed by atoms with E-state index in [9.17, 15) is 9.90 Å². The molecule has 1 aromatic heterocycles. The number of likely N-dealkylation sites (tertiary alicyclic amines) is 1. The second-order valence-electron chi connectivity index (χ2n) is 9.74. The first kappa shape index (κ1) is 24.4. The fourth-order valence-electron chi connectivity index (χ4n) is 5.32. The Morgan fingerprint density at radius 1 is 1.00 bits per heavy atom. The molecule has 186 valence electrons. The Bertz CT molecular complexity index is 1390. The number of carbonyl (C=O) groups is 1. The minimum absolute atomic E-state index is 0.00841. The fourth-order valence-corrected chi connectivity index (χ4v) is 5.49. The summed E-state index contributed by atoms with van der Waals surface area (Å²) in [7, 11) is 1.66. The Morgan fingerprint density at radius 3 is 2.44 bits per heavy atom. The molecule has 3 aromatic carbocycles. The highest BCUT2D eigenvalue weighted by atomic mass is 35.5. The van der Waals surface area contributed by atoms with E-state index in [1.165, 1.54) is 0 Å². The molecule has 1 aliphatic rings. The van der Waals surface area contributed by atoms with Crippen molar-refractivity contribution >= 4 is 28.4 Å². The van der Waals surface area contributed by atoms with Gasteiger partial charge in [0, 0.05) is 47.7 Å². The van der Waals surface area contributed by atoms with Gasteiger partial charge in [0.2, 0.25) is 0 Å². The minimum Gasteiger partial charge on any atom is -0.497 e. The number of nitrogens with zero attached hydrogens (tertiary/aromatic N) is 2. The molecular weight excluding hydrogens is 472 g/mol. The van der Waals surface area contributed by atoms with Gasteiger partial charge in [0.15, 0.2) is 0 Å². The molecule has 0 spiro atoms. The number of amides is 1. The predicted octanol–water partition coefficient (Wildman–Crippen LogP) is 5.87. The maximum absolute atomic E-state index is 13.8. The zero-order valence-electron chi connectivity index (χ0n) is 20.7. The maximum atomic E-state index is 13.8. The number of rotatable bonds is 6. The van der Waals surface area contributed by atoms with Gasteiger partial charge in [0.1, 0.15) is 5.75 Å². The van der Waals surface area contributed by atoms with Crippen molar-refractivity contribution < 1.29 is 14.6 Å². The number of aromatic nitrogens is 1. The van der Waals surface area contributed by atoms with Gasteiger partial charge < -0.3 is 19.3 Å². The number of ether oxygens (including phenoxy) is 1. The third-order valence-corrected chi connectivity index (χ3v) is 7.57. The SMILES string of the molecule is COc1cccc(Cn2c(C)c(C(=O)N3CCC(O)(Cc4ccccc4)CC3)c3cc(Cl)ccc32)c1. The highest BCUT2D eigenvalue weighted by Crippen LogP contribution is 2.33. The number of methoxy groups -OCH3 is 1. The van der Waals surface area contributed by atoms with Crippen molar-refractivity contribution in [3.8, 4) is 5.75 Å². The molecule has 0 saturated carbocycles. The summed E-state index contributed by atoms with van der Waals surface area (Å²) in [5, 5.41) is 12.7. The van der Waals surface area contributed by atoms with Crippen molar-refractivity contribution in [3.05, 3.63) is 100 Å². The van der Waals surface area contributed by atoms with E-state index in [4.69, 9.17) is 16.3 Å². The van der Waals surface area contributed by atoms with Crippen LogP contribution >= 0.6 is 11.6 Å². The van der Waals surface area contributed by atoms with Crippen LogP contribution in [-0.2, 0) is 13.0 Å². The molecule has 5 nitrogen and oxygen atoms in total. The largest absolute Gasteiger partial charge is 0.497 e. The van der Waals surface area contributed by atoms with E-state index in [0.29, 0.717) is 49.5 Å². The molecule has 4 aromatic rings. The molecule has 5 rings (SSSR count). The van der Waals surface area contributed by atoms with Crippen molar-refractivity contribution in [2.45, 2.75) is 38.3 Å². The van der Waals surface area contributed by atoms with Gasteiger partial charge in [-0.25, -0.2) is 0 Å². The molecule has 0 atom stereocenters. The highest BCUT2D eigenvalue weighted by molar-refractivity contribution is 6.31. The highest BCUT2D eigenvalue weighted by Gasteiger charge is 2.35. The number of hydrogen-bond acceptors (Lipinski definition) is 3. The van der Waals surface area contributed by atoms with Crippen LogP contribution in [0.3, 0.4) is 0 Å². The average molecular weight is 503 g/mol. The van der Waals surface area contributed by atoms with E-state index in [1.54, 1.807) is 7.11 Å². The lowest BCUT2D eigenvalue weighted by atomic mass is 9.85. The maximum Gasteiger partial charge on any atom is 0.256 e. The van der Waals surface area contributed by atoms with Crippen LogP contribution in [0.4, 0.5) is 0 Å². The number of benzene rings is 3. The van der Waals surface area contributed by atoms with E-state index in [2.05, 4.69) is 10.6 Å². The Kier molecular flexibility index (Phi) is 6.78. The molecule has 1 N–H and O–H groups in total. The van der Waals surface area contributed by atoms with Crippen LogP contribution < -0.4 is 4.74 Å². The van der Waals surface area contributed by atoms with Gasteiger partial charge in [-0.1, -0.05) is 54.1 Å². The topological polar surface area (TPSA) is 54.7 Å². The summed E-state index contributed by atoms with van der Waals surface area (Å²) >= 11 is 6.37. The van der Waals surface area contributed by atoms with Gasteiger partial charge in [0.25, 0.3) is 5.91 Å². The molecule has 0 aliphatic carbocycles. The van der Waals surface area contributed by atoms with Gasteiger partial charge in [-0.15, -0.1) is 0 Å². The molecule has 0 radical (unpaired) electrons. The Morgan fingerprint density at radius 2 is 1.72 bits per heavy atom. The monoisotopic (exact) mass is 502 g/mol. The van der Waals surface area contributed by atoms with Crippen molar-refractivity contribution in [2.75, 3.05) is 20.2 Å². The zero-order valence-corrected chi connectivity index (χ0v) is 21.5. The Hall–Kier alpha value is -3.28. The molecule has 36 heavy (non-hydrogen) atoms. The van der Waals surface area contributed by atoms with Gasteiger partial charge in [0.05, 0.1) is 18.3 Å². The molecular formula is C30H31ClN2O3. The molecule has 1 fully saturated rings. The summed E-state index contributed by atoms with van der Waals surface area (Å²) in [5.74, 6) is 0.795. The van der Waals surface area contributed by atoms with Gasteiger partial charge in [-0.2, -0.15) is 0 Å². The Balaban J connectivity index is 1.42. The quantitative estimate of drug-likeness (QED) is 0.359. The van der Waals surface area contributed by atoms with Crippen LogP contribution in [-0.4, -0.2) is 46.3 Å². The fraction of sp³-hybridized carbons (Fsp3) is 0.300. The summed E-state index contributed by atoms with van der Waals surface area (Å²) in [6, 6.07) is 23.8. The first-order chi connectivity index (χ1) is 17.4. The van der Waals surface area contributed by atoms with Crippen LogP contribution in [0.25, 0.3) is 10.9 Å². The number of halogens is 1. The lowest BCUT2D eigenvalue weighted by Gasteiger charge is -2.38. The lowest BCUT2D eigenvalue weighted by Crippen LogP contribution is -2.47. The minimum atomic E-state index is -0.795. The first-order valence-corrected chi connectivity index (χ1v) is 12.7. The van der Waals surface area contributed by atoms with Gasteiger partial charge in [-0.3, -0.25) is 4.79 Å². The summed E-state index contributed by atoms with van der Waals surface area (Å²) in [5.41, 5.74) is 3.98. The second-order valence-corrected chi connectivity index (χ2v) is 10.2. The van der Waals surface area contributed by atoms with Crippen molar-refractivity contribution in [1.29, 1.82) is 0 Å². The lowest BCUT2D eigenvalue weighted by molar-refractivity contribution is -0.0162. The zero-order chi connectivity index (χ0) is 25.3. The second kappa shape index (κ2) is 10.00. The Labute approximate surface area is 216 Å². The average Bonchev–Trinajstić information content (AvgIpc) is 3.14. The molecule has 1 saturated heterocycles. The van der Waals surface area contributed by atoms with E-state index in [1.807, 2.05) is 78.6 Å². The summed E-state index contributed by atoms with van der Waals surface area (Å²) in [6.45, 7) is 3.65. The van der Waals surface area contributed by atoms with E-state index >= 15 is 0 Å². The number of piperidine rings is 1. The van der Waals surface area contributed by atoms with Crippen LogP contribution in [0.2, 0.25) is 5.02 Å². The predicted molar refractivity (Wildman–Crippen MR) is 144 cm³/mol. The normalized spacial score (nSPS) is 15.3. The van der Waals surface area contributed by atoms with E-state index < -0.39 is 5.60 Å². The van der Waals surface area contributed by atoms with Crippen LogP contribution in [0.1, 0.15) is 40.0 Å². The first-order valence-electron chi connectivity index (χ1n) is 12.3. The molecule has 0 unspecified atom stereocenters. The summed E-state index contributed by atoms with van der Waals surface area (Å²) in [6.07, 6.45) is 1.70. The van der Waals surface area contributed by atoms with Crippen LogP contribution in [0.5, 0.6) is 5.75 Å². The molecule has 1 amide bonds. The number of aliphatic hydroxyl groups is 1. The van der Waals surface area contributed by atoms with E-state index in [-0.39, 0.29) is 5.91 Å². The smallest absolute Gasteiger partial charge is 0.256 e. The van der Waals surface area contributed by atoms with Crippen molar-refractivity contribution in [1.82, 2.24) is 9.47 Å². The number of carbonyl (C=O) groups excluding carboxylic acids is 1. The van der Waals surface area contributed by atoms with Crippen LogP contribution in [0, 0.1) is 6.92 Å². The standard InChI is InChI=1S/C30H31ClN2O3/c1-21-28(29(34)32-15-13-30(35,14-16-32)19-22-7-4-3-5-8-22)26-18-24(31)11-12-27(26)33(21)20-23-9-6-10-25(17-23)36-2/h3-12,17-18,35H,13-16,19-20H2,1-2H3. The van der Waals surface area contributed by atoms with Crippen molar-refractivity contribution in [2.24, 2.45) is 0 Å².